The second-order valence-electron chi connectivity index (χ2n) is 2.22. The second-order valence-corrected chi connectivity index (χ2v) is 5.28. The number of hydrogen-bond donors (Lipinski definition) is 0. The topological polar surface area (TPSA) is 17.1 Å². The Bertz CT molecular complexity index is 102. The summed E-state index contributed by atoms with van der Waals surface area (Å²) in [5, 5.41) is 0. The number of ketones is 1. The highest BCUT2D eigenvalue weighted by molar-refractivity contribution is 9.25. The van der Waals surface area contributed by atoms with Gasteiger partial charge in [0.2, 0.25) is 0 Å². The maximum Gasteiger partial charge on any atom is 0.157 e. The molecule has 3 heteroatoms. The van der Waals surface area contributed by atoms with Gasteiger partial charge in [0.25, 0.3) is 0 Å². The van der Waals surface area contributed by atoms with Crippen LogP contribution in [-0.4, -0.2) is 9.52 Å². The molecule has 0 saturated heterocycles. The van der Waals surface area contributed by atoms with Crippen molar-refractivity contribution in [3.8, 4) is 0 Å². The fourth-order valence-corrected chi connectivity index (χ4v) is 1.12. The molecule has 60 valence electrons. The summed E-state index contributed by atoms with van der Waals surface area (Å²) in [6.07, 6.45) is 4.03. The van der Waals surface area contributed by atoms with E-state index < -0.39 is 0 Å². The lowest BCUT2D eigenvalue weighted by Crippen LogP contribution is -2.05. The lowest BCUT2D eigenvalue weighted by molar-refractivity contribution is -0.117. The highest BCUT2D eigenvalue weighted by Gasteiger charge is 2.08. The average molecular weight is 272 g/mol. The summed E-state index contributed by atoms with van der Waals surface area (Å²) >= 11 is 6.32. The molecule has 0 bridgehead atoms. The molecule has 0 fully saturated rings. The molecular formula is C7H12Br2O. The molecule has 0 aliphatic heterocycles. The minimum atomic E-state index is -0.142. The fourth-order valence-electron chi connectivity index (χ4n) is 0.658. The molecular weight excluding hydrogens is 260 g/mol. The van der Waals surface area contributed by atoms with Crippen LogP contribution in [0.25, 0.3) is 0 Å². The zero-order chi connectivity index (χ0) is 7.98. The Kier molecular flexibility index (Phi) is 6.75. The monoisotopic (exact) mass is 270 g/mol. The van der Waals surface area contributed by atoms with Crippen molar-refractivity contribution in [2.75, 3.05) is 0 Å². The predicted octanol–water partition coefficient (Wildman–Crippen LogP) is 3.25. The van der Waals surface area contributed by atoms with Crippen LogP contribution < -0.4 is 0 Å². The summed E-state index contributed by atoms with van der Waals surface area (Å²) in [7, 11) is 0. The van der Waals surface area contributed by atoms with Crippen LogP contribution in [0.2, 0.25) is 0 Å². The Morgan fingerprint density at radius 2 is 2.00 bits per heavy atom. The Morgan fingerprint density at radius 1 is 1.40 bits per heavy atom. The summed E-state index contributed by atoms with van der Waals surface area (Å²) in [5.74, 6) is 0.244. The smallest absolute Gasteiger partial charge is 0.157 e. The van der Waals surface area contributed by atoms with Gasteiger partial charge in [0.05, 0.1) is 0 Å². The predicted molar refractivity (Wildman–Crippen MR) is 50.8 cm³/mol. The molecule has 0 aromatic heterocycles. The van der Waals surface area contributed by atoms with E-state index in [1.54, 1.807) is 0 Å². The van der Waals surface area contributed by atoms with Crippen LogP contribution in [0.15, 0.2) is 0 Å². The lowest BCUT2D eigenvalue weighted by atomic mass is 10.2. The van der Waals surface area contributed by atoms with E-state index in [9.17, 15) is 4.79 Å². The lowest BCUT2D eigenvalue weighted by Gasteiger charge is -1.98. The highest BCUT2D eigenvalue weighted by atomic mass is 79.9. The molecule has 0 heterocycles. The summed E-state index contributed by atoms with van der Waals surface area (Å²) < 4.78 is -0.142. The first kappa shape index (κ1) is 10.6. The van der Waals surface area contributed by atoms with Crippen LogP contribution in [0.1, 0.15) is 32.6 Å². The van der Waals surface area contributed by atoms with Crippen molar-refractivity contribution in [3.63, 3.8) is 0 Å². The van der Waals surface area contributed by atoms with E-state index in [0.717, 1.165) is 12.8 Å². The van der Waals surface area contributed by atoms with Gasteiger partial charge in [0.1, 0.15) is 3.74 Å². The van der Waals surface area contributed by atoms with Gasteiger partial charge < -0.3 is 0 Å². The minimum Gasteiger partial charge on any atom is -0.297 e. The molecule has 0 rings (SSSR count). The number of carbonyl (C=O) groups excluding carboxylic acids is 1. The number of unbranched alkanes of at least 4 members (excludes halogenated alkanes) is 2. The first-order valence-corrected chi connectivity index (χ1v) is 5.32. The standard InChI is InChI=1S/C7H12Br2O/c1-2-3-4-5-6(10)7(8)9/h7H,2-5H2,1H3. The van der Waals surface area contributed by atoms with Gasteiger partial charge in [-0.3, -0.25) is 4.79 Å². The summed E-state index contributed by atoms with van der Waals surface area (Å²) in [6, 6.07) is 0. The number of carbonyl (C=O) groups is 1. The Balaban J connectivity index is 3.22. The van der Waals surface area contributed by atoms with Crippen LogP contribution >= 0.6 is 31.9 Å². The van der Waals surface area contributed by atoms with Crippen molar-refractivity contribution in [2.45, 2.75) is 36.3 Å². The molecule has 0 unspecified atom stereocenters. The molecule has 1 nitrogen and oxygen atoms in total. The number of rotatable bonds is 5. The summed E-state index contributed by atoms with van der Waals surface area (Å²) in [5.41, 5.74) is 0. The van der Waals surface area contributed by atoms with Crippen molar-refractivity contribution in [1.82, 2.24) is 0 Å². The Labute approximate surface area is 78.8 Å². The van der Waals surface area contributed by atoms with Crippen LogP contribution in [0, 0.1) is 0 Å². The molecule has 0 aliphatic rings. The first-order chi connectivity index (χ1) is 4.68. The van der Waals surface area contributed by atoms with Crippen LogP contribution in [0.5, 0.6) is 0 Å². The van der Waals surface area contributed by atoms with Gasteiger partial charge in [-0.2, -0.15) is 0 Å². The van der Waals surface area contributed by atoms with Crippen LogP contribution in [0.4, 0.5) is 0 Å². The van der Waals surface area contributed by atoms with Crippen molar-refractivity contribution in [2.24, 2.45) is 0 Å². The fraction of sp³-hybridized carbons (Fsp3) is 0.857. The molecule has 0 spiro atoms. The van der Waals surface area contributed by atoms with E-state index in [1.807, 2.05) is 0 Å². The van der Waals surface area contributed by atoms with Crippen molar-refractivity contribution in [1.29, 1.82) is 0 Å². The maximum atomic E-state index is 10.9. The van der Waals surface area contributed by atoms with E-state index in [4.69, 9.17) is 0 Å². The number of halogens is 2. The van der Waals surface area contributed by atoms with Gasteiger partial charge in [-0.1, -0.05) is 51.6 Å². The van der Waals surface area contributed by atoms with E-state index in [-0.39, 0.29) is 9.52 Å². The third-order valence-electron chi connectivity index (χ3n) is 1.27. The molecule has 0 amide bonds. The first-order valence-electron chi connectivity index (χ1n) is 3.49. The molecule has 0 aromatic carbocycles. The molecule has 0 radical (unpaired) electrons. The molecule has 0 atom stereocenters. The van der Waals surface area contributed by atoms with Crippen molar-refractivity contribution < 1.29 is 4.79 Å². The molecule has 10 heavy (non-hydrogen) atoms. The third-order valence-corrected chi connectivity index (χ3v) is 2.29. The molecule has 0 aliphatic carbocycles. The van der Waals surface area contributed by atoms with Gasteiger partial charge in [0, 0.05) is 6.42 Å². The summed E-state index contributed by atoms with van der Waals surface area (Å²) in [6.45, 7) is 2.13. The van der Waals surface area contributed by atoms with E-state index >= 15 is 0 Å². The molecule has 0 N–H and O–H groups in total. The Morgan fingerprint density at radius 3 is 2.40 bits per heavy atom. The Hall–Kier alpha value is 0.630. The van der Waals surface area contributed by atoms with Gasteiger partial charge in [-0.25, -0.2) is 0 Å². The largest absolute Gasteiger partial charge is 0.297 e. The van der Waals surface area contributed by atoms with Crippen LogP contribution in [0.3, 0.4) is 0 Å². The van der Waals surface area contributed by atoms with E-state index in [0.29, 0.717) is 6.42 Å². The van der Waals surface area contributed by atoms with Crippen LogP contribution in [-0.2, 0) is 4.79 Å². The zero-order valence-electron chi connectivity index (χ0n) is 6.07. The van der Waals surface area contributed by atoms with Crippen molar-refractivity contribution in [3.05, 3.63) is 0 Å². The van der Waals surface area contributed by atoms with Crippen molar-refractivity contribution >= 4 is 37.6 Å². The summed E-state index contributed by atoms with van der Waals surface area (Å²) in [4.78, 5) is 10.9. The SMILES string of the molecule is CCCCCC(=O)C(Br)Br. The quantitative estimate of drug-likeness (QED) is 0.554. The normalized spacial score (nSPS) is 10.4. The average Bonchev–Trinajstić information content (AvgIpc) is 1.88. The van der Waals surface area contributed by atoms with Gasteiger partial charge >= 0.3 is 0 Å². The van der Waals surface area contributed by atoms with E-state index in [2.05, 4.69) is 38.8 Å². The number of hydrogen-bond acceptors (Lipinski definition) is 1. The molecule has 0 saturated carbocycles. The van der Waals surface area contributed by atoms with Gasteiger partial charge in [-0.05, 0) is 6.42 Å². The minimum absolute atomic E-state index is 0.142. The zero-order valence-corrected chi connectivity index (χ0v) is 9.24. The third kappa shape index (κ3) is 5.42. The van der Waals surface area contributed by atoms with Gasteiger partial charge in [0.15, 0.2) is 5.78 Å². The maximum absolute atomic E-state index is 10.9. The number of alkyl halides is 2. The second kappa shape index (κ2) is 6.35. The van der Waals surface area contributed by atoms with Gasteiger partial charge in [-0.15, -0.1) is 0 Å². The van der Waals surface area contributed by atoms with E-state index in [1.165, 1.54) is 6.42 Å². The molecule has 0 aromatic rings. The number of Topliss-reactive ketones (excluding diaryl/α,β-unsaturated/α-hetero) is 1. The highest BCUT2D eigenvalue weighted by Crippen LogP contribution is 2.13.